The second kappa shape index (κ2) is 7.82. The number of hydrogen-bond donors (Lipinski definition) is 3. The van der Waals surface area contributed by atoms with E-state index in [4.69, 9.17) is 0 Å². The zero-order valence-electron chi connectivity index (χ0n) is 14.5. The van der Waals surface area contributed by atoms with E-state index in [0.29, 0.717) is 11.3 Å². The van der Waals surface area contributed by atoms with Crippen molar-refractivity contribution in [3.05, 3.63) is 59.7 Å². The maximum absolute atomic E-state index is 12.3. The molecule has 0 bridgehead atoms. The molecule has 0 saturated heterocycles. The summed E-state index contributed by atoms with van der Waals surface area (Å²) in [6.07, 6.45) is 1.17. The van der Waals surface area contributed by atoms with E-state index in [1.54, 1.807) is 24.3 Å². The van der Waals surface area contributed by atoms with Crippen molar-refractivity contribution < 1.29 is 14.4 Å². The molecule has 1 aliphatic rings. The number of fused-ring (bicyclic) bond motifs is 1. The fourth-order valence-electron chi connectivity index (χ4n) is 2.95. The molecule has 0 aromatic heterocycles. The highest BCUT2D eigenvalue weighted by atomic mass is 16.2. The van der Waals surface area contributed by atoms with Gasteiger partial charge in [0.25, 0.3) is 5.91 Å². The average Bonchev–Trinajstić information content (AvgIpc) is 2.77. The number of anilines is 2. The van der Waals surface area contributed by atoms with E-state index in [-0.39, 0.29) is 30.6 Å². The van der Waals surface area contributed by atoms with Gasteiger partial charge in [0.05, 0.1) is 11.3 Å². The molecule has 3 rings (SSSR count). The van der Waals surface area contributed by atoms with Crippen molar-refractivity contribution in [2.45, 2.75) is 32.2 Å². The van der Waals surface area contributed by atoms with Crippen molar-refractivity contribution in [2.75, 3.05) is 10.6 Å². The van der Waals surface area contributed by atoms with Crippen LogP contribution in [0, 0.1) is 0 Å². The molecule has 0 unspecified atom stereocenters. The van der Waals surface area contributed by atoms with Crippen LogP contribution in [0.1, 0.15) is 35.7 Å². The summed E-state index contributed by atoms with van der Waals surface area (Å²) in [7, 11) is 0. The first-order valence-electron chi connectivity index (χ1n) is 8.67. The van der Waals surface area contributed by atoms with Gasteiger partial charge in [0.1, 0.15) is 6.04 Å². The first kappa shape index (κ1) is 17.7. The maximum atomic E-state index is 12.3. The number of para-hydroxylation sites is 2. The highest BCUT2D eigenvalue weighted by molar-refractivity contribution is 6.10. The molecule has 0 aliphatic carbocycles. The summed E-state index contributed by atoms with van der Waals surface area (Å²) < 4.78 is 0. The molecule has 2 aromatic carbocycles. The lowest BCUT2D eigenvalue weighted by atomic mass is 10.1. The van der Waals surface area contributed by atoms with Gasteiger partial charge >= 0.3 is 0 Å². The summed E-state index contributed by atoms with van der Waals surface area (Å²) in [6, 6.07) is 13.7. The van der Waals surface area contributed by atoms with E-state index in [0.717, 1.165) is 17.7 Å². The fourth-order valence-corrected chi connectivity index (χ4v) is 2.95. The average molecular weight is 351 g/mol. The lowest BCUT2D eigenvalue weighted by Gasteiger charge is -2.15. The largest absolute Gasteiger partial charge is 0.340 e. The van der Waals surface area contributed by atoms with Gasteiger partial charge in [-0.3, -0.25) is 14.4 Å². The monoisotopic (exact) mass is 351 g/mol. The topological polar surface area (TPSA) is 87.3 Å². The van der Waals surface area contributed by atoms with Crippen molar-refractivity contribution in [3.63, 3.8) is 0 Å². The van der Waals surface area contributed by atoms with Crippen LogP contribution in [0.2, 0.25) is 0 Å². The van der Waals surface area contributed by atoms with E-state index in [2.05, 4.69) is 16.0 Å². The number of amides is 3. The van der Waals surface area contributed by atoms with Crippen molar-refractivity contribution in [1.29, 1.82) is 0 Å². The Kier molecular flexibility index (Phi) is 5.31. The Morgan fingerprint density at radius 2 is 1.81 bits per heavy atom. The van der Waals surface area contributed by atoms with Gasteiger partial charge in [0.2, 0.25) is 11.8 Å². The molecule has 1 aliphatic heterocycles. The van der Waals surface area contributed by atoms with Crippen molar-refractivity contribution in [1.82, 2.24) is 5.32 Å². The molecule has 0 saturated carbocycles. The van der Waals surface area contributed by atoms with E-state index in [9.17, 15) is 14.4 Å². The van der Waals surface area contributed by atoms with E-state index in [1.807, 2.05) is 31.2 Å². The number of carbonyl (C=O) groups excluding carboxylic acids is 3. The van der Waals surface area contributed by atoms with Gasteiger partial charge in [0.15, 0.2) is 0 Å². The van der Waals surface area contributed by atoms with Gasteiger partial charge in [-0.05, 0) is 36.6 Å². The van der Waals surface area contributed by atoms with Gasteiger partial charge in [0, 0.05) is 12.1 Å². The van der Waals surface area contributed by atoms with E-state index in [1.165, 1.54) is 0 Å². The molecule has 3 N–H and O–H groups in total. The molecule has 134 valence electrons. The number of aryl methyl sites for hydroxylation is 1. The molecule has 6 heteroatoms. The van der Waals surface area contributed by atoms with Crippen LogP contribution in [0.5, 0.6) is 0 Å². The molecular formula is C20H21N3O3. The van der Waals surface area contributed by atoms with Gasteiger partial charge in [-0.2, -0.15) is 0 Å². The predicted molar refractivity (Wildman–Crippen MR) is 100 cm³/mol. The summed E-state index contributed by atoms with van der Waals surface area (Å²) in [5.74, 6) is -0.819. The van der Waals surface area contributed by atoms with Crippen LogP contribution in [0.25, 0.3) is 0 Å². The highest BCUT2D eigenvalue weighted by Crippen LogP contribution is 2.20. The summed E-state index contributed by atoms with van der Waals surface area (Å²) in [5, 5.41) is 8.31. The van der Waals surface area contributed by atoms with Crippen LogP contribution in [-0.2, 0) is 16.0 Å². The molecule has 1 atom stereocenters. The third-order valence-corrected chi connectivity index (χ3v) is 4.38. The number of rotatable bonds is 5. The molecule has 0 radical (unpaired) electrons. The first-order valence-corrected chi connectivity index (χ1v) is 8.67. The third-order valence-electron chi connectivity index (χ3n) is 4.38. The van der Waals surface area contributed by atoms with Crippen LogP contribution in [0.3, 0.4) is 0 Å². The minimum absolute atomic E-state index is 0.132. The number of carbonyl (C=O) groups is 3. The molecule has 2 aromatic rings. The Morgan fingerprint density at radius 1 is 1.08 bits per heavy atom. The van der Waals surface area contributed by atoms with E-state index >= 15 is 0 Å². The minimum atomic E-state index is -0.748. The van der Waals surface area contributed by atoms with Crippen LogP contribution >= 0.6 is 0 Å². The molecule has 0 spiro atoms. The summed E-state index contributed by atoms with van der Waals surface area (Å²) in [4.78, 5) is 36.9. The molecule has 1 heterocycles. The predicted octanol–water partition coefficient (Wildman–Crippen LogP) is 2.72. The molecule has 6 nitrogen and oxygen atoms in total. The Balaban J connectivity index is 1.62. The zero-order chi connectivity index (χ0) is 18.5. The third kappa shape index (κ3) is 3.91. The summed E-state index contributed by atoms with van der Waals surface area (Å²) in [6.45, 7) is 2.02. The van der Waals surface area contributed by atoms with Crippen molar-refractivity contribution in [2.24, 2.45) is 0 Å². The van der Waals surface area contributed by atoms with Gasteiger partial charge in [-0.15, -0.1) is 0 Å². The van der Waals surface area contributed by atoms with Gasteiger partial charge < -0.3 is 16.0 Å². The standard InChI is InChI=1S/C20H21N3O3/c1-2-13-7-3-5-9-15(13)21-18(24)12-11-17-20(26)22-16-10-6-4-8-14(16)19(25)23-17/h3-10,17H,2,11-12H2,1H3,(H,21,24)(H,22,26)(H,23,25)/t17-/m1/s1. The number of benzene rings is 2. The Labute approximate surface area is 152 Å². The molecule has 3 amide bonds. The highest BCUT2D eigenvalue weighted by Gasteiger charge is 2.27. The molecular weight excluding hydrogens is 330 g/mol. The Bertz CT molecular complexity index is 848. The van der Waals surface area contributed by atoms with Crippen LogP contribution in [-0.4, -0.2) is 23.8 Å². The minimum Gasteiger partial charge on any atom is -0.340 e. The number of nitrogens with one attached hydrogen (secondary N) is 3. The van der Waals surface area contributed by atoms with Crippen LogP contribution in [0.4, 0.5) is 11.4 Å². The summed E-state index contributed by atoms with van der Waals surface area (Å²) in [5.41, 5.74) is 2.74. The zero-order valence-corrected chi connectivity index (χ0v) is 14.5. The van der Waals surface area contributed by atoms with Crippen molar-refractivity contribution in [3.8, 4) is 0 Å². The van der Waals surface area contributed by atoms with E-state index < -0.39 is 6.04 Å². The lowest BCUT2D eigenvalue weighted by molar-refractivity contribution is -0.118. The first-order chi connectivity index (χ1) is 12.6. The Hall–Kier alpha value is -3.15. The van der Waals surface area contributed by atoms with Crippen LogP contribution < -0.4 is 16.0 Å². The number of hydrogen-bond acceptors (Lipinski definition) is 3. The second-order valence-corrected chi connectivity index (χ2v) is 6.16. The lowest BCUT2D eigenvalue weighted by Crippen LogP contribution is -2.41. The molecule has 0 fully saturated rings. The smallest absolute Gasteiger partial charge is 0.254 e. The van der Waals surface area contributed by atoms with Crippen LogP contribution in [0.15, 0.2) is 48.5 Å². The van der Waals surface area contributed by atoms with Gasteiger partial charge in [-0.25, -0.2) is 0 Å². The normalized spacial score (nSPS) is 16.1. The molecule has 26 heavy (non-hydrogen) atoms. The van der Waals surface area contributed by atoms with Gasteiger partial charge in [-0.1, -0.05) is 37.3 Å². The Morgan fingerprint density at radius 3 is 2.62 bits per heavy atom. The SMILES string of the molecule is CCc1ccccc1NC(=O)CC[C@H]1NC(=O)c2ccccc2NC1=O. The fraction of sp³-hybridized carbons (Fsp3) is 0.250. The van der Waals surface area contributed by atoms with Crippen molar-refractivity contribution >= 4 is 29.1 Å². The quantitative estimate of drug-likeness (QED) is 0.774. The second-order valence-electron chi connectivity index (χ2n) is 6.16. The maximum Gasteiger partial charge on any atom is 0.254 e. The summed E-state index contributed by atoms with van der Waals surface area (Å²) >= 11 is 0.